The van der Waals surface area contributed by atoms with Crippen LogP contribution in [0.25, 0.3) is 22.6 Å². The minimum absolute atomic E-state index is 0.243. The van der Waals surface area contributed by atoms with Crippen LogP contribution in [-0.4, -0.2) is 16.3 Å². The first-order chi connectivity index (χ1) is 11.4. The minimum Gasteiger partial charge on any atom is -0.335 e. The summed E-state index contributed by atoms with van der Waals surface area (Å²) in [5.74, 6) is 0.316. The zero-order chi connectivity index (χ0) is 17.3. The Bertz CT molecular complexity index is 868. The lowest BCUT2D eigenvalue weighted by molar-refractivity contribution is -0.137. The number of benzene rings is 2. The Morgan fingerprint density at radius 1 is 0.958 bits per heavy atom. The first kappa shape index (κ1) is 16.3. The number of nitrogens with one attached hydrogen (secondary N) is 1. The quantitative estimate of drug-likeness (QED) is 0.657. The van der Waals surface area contributed by atoms with Crippen LogP contribution >= 0.6 is 11.6 Å². The molecule has 2 aromatic carbocycles. The number of aldehydes is 1. The van der Waals surface area contributed by atoms with E-state index < -0.39 is 11.7 Å². The summed E-state index contributed by atoms with van der Waals surface area (Å²) in [6, 6.07) is 11.3. The number of rotatable bonds is 3. The van der Waals surface area contributed by atoms with Crippen molar-refractivity contribution in [2.45, 2.75) is 6.18 Å². The van der Waals surface area contributed by atoms with Gasteiger partial charge in [0.25, 0.3) is 0 Å². The maximum absolute atomic E-state index is 12.6. The van der Waals surface area contributed by atoms with E-state index in [1.165, 1.54) is 12.1 Å². The van der Waals surface area contributed by atoms with E-state index in [2.05, 4.69) is 9.97 Å². The summed E-state index contributed by atoms with van der Waals surface area (Å²) in [5, 5.41) is 0.546. The summed E-state index contributed by atoms with van der Waals surface area (Å²) < 4.78 is 37.9. The summed E-state index contributed by atoms with van der Waals surface area (Å²) in [6.45, 7) is 0. The fourth-order valence-electron chi connectivity index (χ4n) is 2.25. The van der Waals surface area contributed by atoms with Crippen LogP contribution in [0.1, 0.15) is 16.1 Å². The molecule has 0 fully saturated rings. The Morgan fingerprint density at radius 2 is 1.54 bits per heavy atom. The van der Waals surface area contributed by atoms with Crippen molar-refractivity contribution in [3.8, 4) is 22.6 Å². The minimum atomic E-state index is -4.40. The molecule has 0 bridgehead atoms. The Morgan fingerprint density at radius 3 is 2.08 bits per heavy atom. The highest BCUT2D eigenvalue weighted by molar-refractivity contribution is 6.30. The van der Waals surface area contributed by atoms with Gasteiger partial charge in [0.2, 0.25) is 0 Å². The Labute approximate surface area is 140 Å². The SMILES string of the molecule is O=Cc1[nH]c(-c2ccc(C(F)(F)F)cc2)nc1-c1ccc(Cl)cc1. The lowest BCUT2D eigenvalue weighted by atomic mass is 10.1. The number of aromatic amines is 1. The molecule has 0 radical (unpaired) electrons. The summed E-state index contributed by atoms with van der Waals surface area (Å²) in [4.78, 5) is 18.4. The van der Waals surface area contributed by atoms with Crippen molar-refractivity contribution in [3.05, 3.63) is 64.8 Å². The van der Waals surface area contributed by atoms with Crippen LogP contribution in [0.15, 0.2) is 48.5 Å². The van der Waals surface area contributed by atoms with Crippen LogP contribution in [0.4, 0.5) is 13.2 Å². The van der Waals surface area contributed by atoms with Crippen LogP contribution < -0.4 is 0 Å². The van der Waals surface area contributed by atoms with Gasteiger partial charge in [0.1, 0.15) is 11.5 Å². The van der Waals surface area contributed by atoms with E-state index in [0.29, 0.717) is 34.0 Å². The molecule has 7 heteroatoms. The third-order valence-electron chi connectivity index (χ3n) is 3.45. The number of carbonyl (C=O) groups is 1. The van der Waals surface area contributed by atoms with Gasteiger partial charge in [-0.1, -0.05) is 35.9 Å². The lowest BCUT2D eigenvalue weighted by Gasteiger charge is -2.06. The molecule has 1 N–H and O–H groups in total. The van der Waals surface area contributed by atoms with Gasteiger partial charge < -0.3 is 4.98 Å². The van der Waals surface area contributed by atoms with E-state index in [1.54, 1.807) is 24.3 Å². The zero-order valence-corrected chi connectivity index (χ0v) is 12.8. The van der Waals surface area contributed by atoms with Gasteiger partial charge in [-0.2, -0.15) is 13.2 Å². The maximum atomic E-state index is 12.6. The topological polar surface area (TPSA) is 45.8 Å². The van der Waals surface area contributed by atoms with Crippen molar-refractivity contribution >= 4 is 17.9 Å². The molecule has 1 heterocycles. The highest BCUT2D eigenvalue weighted by Gasteiger charge is 2.30. The molecule has 122 valence electrons. The van der Waals surface area contributed by atoms with Gasteiger partial charge in [-0.25, -0.2) is 4.98 Å². The number of hydrogen-bond donors (Lipinski definition) is 1. The number of alkyl halides is 3. The second kappa shape index (κ2) is 6.13. The van der Waals surface area contributed by atoms with Gasteiger partial charge >= 0.3 is 6.18 Å². The predicted molar refractivity (Wildman–Crippen MR) is 84.9 cm³/mol. The molecule has 0 unspecified atom stereocenters. The number of halogens is 4. The van der Waals surface area contributed by atoms with E-state index in [0.717, 1.165) is 12.1 Å². The molecule has 3 aromatic rings. The molecule has 1 aromatic heterocycles. The Balaban J connectivity index is 2.01. The third-order valence-corrected chi connectivity index (χ3v) is 3.70. The summed E-state index contributed by atoms with van der Waals surface area (Å²) in [5.41, 5.74) is 1.04. The number of nitrogens with zero attached hydrogens (tertiary/aromatic N) is 1. The molecule has 3 nitrogen and oxygen atoms in total. The highest BCUT2D eigenvalue weighted by Crippen LogP contribution is 2.31. The highest BCUT2D eigenvalue weighted by atomic mass is 35.5. The number of carbonyl (C=O) groups excluding carboxylic acids is 1. The molecule has 0 atom stereocenters. The molecule has 0 saturated heterocycles. The van der Waals surface area contributed by atoms with Gasteiger partial charge in [0, 0.05) is 16.1 Å². The lowest BCUT2D eigenvalue weighted by Crippen LogP contribution is -2.04. The summed E-state index contributed by atoms with van der Waals surface area (Å²) >= 11 is 5.84. The van der Waals surface area contributed by atoms with E-state index >= 15 is 0 Å². The second-order valence-corrected chi connectivity index (χ2v) is 5.48. The summed E-state index contributed by atoms with van der Waals surface area (Å²) in [6.07, 6.45) is -3.78. The van der Waals surface area contributed by atoms with Crippen molar-refractivity contribution in [1.82, 2.24) is 9.97 Å². The fourth-order valence-corrected chi connectivity index (χ4v) is 2.38. The van der Waals surface area contributed by atoms with Gasteiger partial charge in [-0.3, -0.25) is 4.79 Å². The van der Waals surface area contributed by atoms with Crippen molar-refractivity contribution in [2.24, 2.45) is 0 Å². The number of aromatic nitrogens is 2. The largest absolute Gasteiger partial charge is 0.416 e. The van der Waals surface area contributed by atoms with Crippen LogP contribution in [-0.2, 0) is 6.18 Å². The molecule has 3 rings (SSSR count). The van der Waals surface area contributed by atoms with E-state index in [9.17, 15) is 18.0 Å². The molecule has 0 aliphatic carbocycles. The molecule has 0 amide bonds. The van der Waals surface area contributed by atoms with Crippen LogP contribution in [0.2, 0.25) is 5.02 Å². The van der Waals surface area contributed by atoms with Gasteiger partial charge in [-0.05, 0) is 24.3 Å². The van der Waals surface area contributed by atoms with Crippen LogP contribution in [0, 0.1) is 0 Å². The van der Waals surface area contributed by atoms with E-state index in [4.69, 9.17) is 11.6 Å². The summed E-state index contributed by atoms with van der Waals surface area (Å²) in [7, 11) is 0. The zero-order valence-electron chi connectivity index (χ0n) is 12.1. The average molecular weight is 351 g/mol. The Kier molecular flexibility index (Phi) is 4.15. The average Bonchev–Trinajstić information content (AvgIpc) is 2.99. The Hall–Kier alpha value is -2.60. The molecule has 0 aliphatic heterocycles. The molecular weight excluding hydrogens is 341 g/mol. The number of hydrogen-bond acceptors (Lipinski definition) is 2. The first-order valence-electron chi connectivity index (χ1n) is 6.87. The van der Waals surface area contributed by atoms with E-state index in [1.807, 2.05) is 0 Å². The molecule has 0 aliphatic rings. The van der Waals surface area contributed by atoms with Crippen LogP contribution in [0.3, 0.4) is 0 Å². The van der Waals surface area contributed by atoms with E-state index in [-0.39, 0.29) is 5.69 Å². The fraction of sp³-hybridized carbons (Fsp3) is 0.0588. The number of imidazole rings is 1. The molecular formula is C17H10ClF3N2O. The molecule has 0 saturated carbocycles. The first-order valence-corrected chi connectivity index (χ1v) is 7.25. The second-order valence-electron chi connectivity index (χ2n) is 5.05. The third kappa shape index (κ3) is 3.19. The van der Waals surface area contributed by atoms with Gasteiger partial charge in [0.05, 0.1) is 11.3 Å². The van der Waals surface area contributed by atoms with Crippen molar-refractivity contribution < 1.29 is 18.0 Å². The van der Waals surface area contributed by atoms with Gasteiger partial charge in [0.15, 0.2) is 6.29 Å². The van der Waals surface area contributed by atoms with Crippen LogP contribution in [0.5, 0.6) is 0 Å². The predicted octanol–water partition coefficient (Wildman–Crippen LogP) is 5.23. The van der Waals surface area contributed by atoms with Gasteiger partial charge in [-0.15, -0.1) is 0 Å². The molecule has 0 spiro atoms. The normalized spacial score (nSPS) is 11.5. The monoisotopic (exact) mass is 350 g/mol. The maximum Gasteiger partial charge on any atom is 0.416 e. The standard InChI is InChI=1S/C17H10ClF3N2O/c18-13-7-3-10(4-8-13)15-14(9-24)22-16(23-15)11-1-5-12(6-2-11)17(19,20)21/h1-9H,(H,22,23). The van der Waals surface area contributed by atoms with Crippen molar-refractivity contribution in [1.29, 1.82) is 0 Å². The van der Waals surface area contributed by atoms with Crippen molar-refractivity contribution in [3.63, 3.8) is 0 Å². The molecule has 24 heavy (non-hydrogen) atoms. The smallest absolute Gasteiger partial charge is 0.335 e. The number of H-pyrrole nitrogens is 1. The van der Waals surface area contributed by atoms with Crippen molar-refractivity contribution in [2.75, 3.05) is 0 Å².